The Morgan fingerprint density at radius 2 is 2.27 bits per heavy atom. The molecule has 3 rings (SSSR count). The quantitative estimate of drug-likeness (QED) is 0.941. The molecule has 4 nitrogen and oxygen atoms in total. The van der Waals surface area contributed by atoms with Gasteiger partial charge >= 0.3 is 0 Å². The lowest BCUT2D eigenvalue weighted by molar-refractivity contribution is -0.116. The fraction of sp³-hybridized carbons (Fsp3) is 0.294. The minimum absolute atomic E-state index is 0.0458. The van der Waals surface area contributed by atoms with Gasteiger partial charge in [-0.05, 0) is 36.4 Å². The van der Waals surface area contributed by atoms with Crippen LogP contribution in [0.3, 0.4) is 0 Å². The van der Waals surface area contributed by atoms with Crippen LogP contribution in [0.15, 0.2) is 35.7 Å². The van der Waals surface area contributed by atoms with Gasteiger partial charge in [-0.1, -0.05) is 18.2 Å². The highest BCUT2D eigenvalue weighted by atomic mass is 32.1. The number of anilines is 2. The molecule has 1 N–H and O–H groups in total. The van der Waals surface area contributed by atoms with Crippen LogP contribution >= 0.6 is 11.3 Å². The van der Waals surface area contributed by atoms with E-state index in [1.165, 1.54) is 22.6 Å². The molecule has 0 bridgehead atoms. The lowest BCUT2D eigenvalue weighted by Crippen LogP contribution is -2.32. The van der Waals surface area contributed by atoms with Crippen molar-refractivity contribution in [2.45, 2.75) is 25.8 Å². The summed E-state index contributed by atoms with van der Waals surface area (Å²) in [6.45, 7) is 2.88. The van der Waals surface area contributed by atoms with Gasteiger partial charge in [-0.25, -0.2) is 0 Å². The van der Waals surface area contributed by atoms with E-state index in [-0.39, 0.29) is 5.91 Å². The van der Waals surface area contributed by atoms with E-state index in [0.29, 0.717) is 29.6 Å². The SMILES string of the molecule is C[C@H]1Cc2ccccc2N1CCC(=O)Nc1sccc1C#N. The number of amides is 1. The van der Waals surface area contributed by atoms with Gasteiger partial charge in [-0.15, -0.1) is 11.3 Å². The summed E-state index contributed by atoms with van der Waals surface area (Å²) in [5.41, 5.74) is 3.11. The third-order valence-corrected chi connectivity index (χ3v) is 4.80. The van der Waals surface area contributed by atoms with E-state index in [1.54, 1.807) is 6.07 Å². The third-order valence-electron chi connectivity index (χ3n) is 3.97. The van der Waals surface area contributed by atoms with Crippen molar-refractivity contribution in [2.75, 3.05) is 16.8 Å². The highest BCUT2D eigenvalue weighted by Gasteiger charge is 2.25. The molecular weight excluding hydrogens is 294 g/mol. The standard InChI is InChI=1S/C17H17N3OS/c1-12-10-13-4-2-3-5-15(13)20(12)8-6-16(21)19-17-14(11-18)7-9-22-17/h2-5,7,9,12H,6,8,10H2,1H3,(H,19,21)/t12-/m0/s1. The van der Waals surface area contributed by atoms with Crippen LogP contribution in [0.2, 0.25) is 0 Å². The van der Waals surface area contributed by atoms with Crippen LogP contribution in [0.25, 0.3) is 0 Å². The molecule has 5 heteroatoms. The zero-order valence-electron chi connectivity index (χ0n) is 12.4. The molecule has 1 amide bonds. The second kappa shape index (κ2) is 6.20. The van der Waals surface area contributed by atoms with Gasteiger partial charge in [0.05, 0.1) is 5.56 Å². The topological polar surface area (TPSA) is 56.1 Å². The summed E-state index contributed by atoms with van der Waals surface area (Å²) < 4.78 is 0. The smallest absolute Gasteiger partial charge is 0.226 e. The van der Waals surface area contributed by atoms with Crippen LogP contribution in [0.4, 0.5) is 10.7 Å². The Morgan fingerprint density at radius 3 is 3.09 bits per heavy atom. The number of fused-ring (bicyclic) bond motifs is 1. The Balaban J connectivity index is 1.61. The first kappa shape index (κ1) is 14.6. The first-order chi connectivity index (χ1) is 10.7. The average Bonchev–Trinajstić information content (AvgIpc) is 3.08. The number of hydrogen-bond donors (Lipinski definition) is 1. The van der Waals surface area contributed by atoms with Crippen LogP contribution in [-0.4, -0.2) is 18.5 Å². The van der Waals surface area contributed by atoms with Crippen molar-refractivity contribution in [3.05, 3.63) is 46.8 Å². The van der Waals surface area contributed by atoms with Crippen molar-refractivity contribution in [3.8, 4) is 6.07 Å². The minimum atomic E-state index is -0.0458. The van der Waals surface area contributed by atoms with Gasteiger partial charge < -0.3 is 10.2 Å². The molecule has 1 aromatic heterocycles. The molecular formula is C17H17N3OS. The van der Waals surface area contributed by atoms with Crippen molar-refractivity contribution < 1.29 is 4.79 Å². The summed E-state index contributed by atoms with van der Waals surface area (Å²) in [4.78, 5) is 14.4. The molecule has 1 aliphatic heterocycles. The van der Waals surface area contributed by atoms with Crippen molar-refractivity contribution in [1.29, 1.82) is 5.26 Å². The normalized spacial score (nSPS) is 16.2. The Kier molecular flexibility index (Phi) is 4.12. The van der Waals surface area contributed by atoms with Crippen molar-refractivity contribution in [1.82, 2.24) is 0 Å². The second-order valence-corrected chi connectivity index (χ2v) is 6.36. The highest BCUT2D eigenvalue weighted by molar-refractivity contribution is 7.14. The first-order valence-electron chi connectivity index (χ1n) is 7.31. The zero-order chi connectivity index (χ0) is 15.5. The second-order valence-electron chi connectivity index (χ2n) is 5.45. The maximum atomic E-state index is 12.1. The van der Waals surface area contributed by atoms with Gasteiger partial charge in [-0.2, -0.15) is 5.26 Å². The molecule has 0 saturated heterocycles. The number of hydrogen-bond acceptors (Lipinski definition) is 4. The van der Waals surface area contributed by atoms with E-state index in [4.69, 9.17) is 5.26 Å². The number of rotatable bonds is 4. The molecule has 1 aliphatic rings. The summed E-state index contributed by atoms with van der Waals surface area (Å²) in [6.07, 6.45) is 1.45. The molecule has 0 radical (unpaired) electrons. The molecule has 22 heavy (non-hydrogen) atoms. The fourth-order valence-corrected chi connectivity index (χ4v) is 3.63. The van der Waals surface area contributed by atoms with E-state index in [9.17, 15) is 4.79 Å². The maximum Gasteiger partial charge on any atom is 0.226 e. The Labute approximate surface area is 134 Å². The summed E-state index contributed by atoms with van der Waals surface area (Å²) >= 11 is 1.38. The van der Waals surface area contributed by atoms with Gasteiger partial charge in [0.1, 0.15) is 11.1 Å². The highest BCUT2D eigenvalue weighted by Crippen LogP contribution is 2.31. The van der Waals surface area contributed by atoms with E-state index in [2.05, 4.69) is 41.4 Å². The van der Waals surface area contributed by atoms with Crippen LogP contribution in [-0.2, 0) is 11.2 Å². The number of benzene rings is 1. The van der Waals surface area contributed by atoms with E-state index in [0.717, 1.165) is 6.42 Å². The Bertz CT molecular complexity index is 732. The van der Waals surface area contributed by atoms with E-state index >= 15 is 0 Å². The first-order valence-corrected chi connectivity index (χ1v) is 8.19. The molecule has 0 unspecified atom stereocenters. The monoisotopic (exact) mass is 311 g/mol. The van der Waals surface area contributed by atoms with Crippen molar-refractivity contribution in [2.24, 2.45) is 0 Å². The largest absolute Gasteiger partial charge is 0.368 e. The minimum Gasteiger partial charge on any atom is -0.368 e. The lowest BCUT2D eigenvalue weighted by Gasteiger charge is -2.24. The third kappa shape index (κ3) is 2.83. The number of nitrogens with zero attached hydrogens (tertiary/aromatic N) is 2. The molecule has 2 heterocycles. The fourth-order valence-electron chi connectivity index (χ4n) is 2.88. The number of carbonyl (C=O) groups is 1. The van der Waals surface area contributed by atoms with Gasteiger partial charge in [0.25, 0.3) is 0 Å². The van der Waals surface area contributed by atoms with E-state index < -0.39 is 0 Å². The number of thiophene rings is 1. The van der Waals surface area contributed by atoms with Crippen LogP contribution in [0.5, 0.6) is 0 Å². The molecule has 1 aromatic carbocycles. The van der Waals surface area contributed by atoms with Crippen LogP contribution < -0.4 is 10.2 Å². The number of carbonyl (C=O) groups excluding carboxylic acids is 1. The number of nitriles is 1. The van der Waals surface area contributed by atoms with Crippen LogP contribution in [0, 0.1) is 11.3 Å². The molecule has 0 aliphatic carbocycles. The van der Waals surface area contributed by atoms with Crippen LogP contribution in [0.1, 0.15) is 24.5 Å². The predicted molar refractivity (Wildman–Crippen MR) is 89.2 cm³/mol. The molecule has 0 spiro atoms. The van der Waals surface area contributed by atoms with Crippen molar-refractivity contribution >= 4 is 27.9 Å². The molecule has 0 fully saturated rings. The summed E-state index contributed by atoms with van der Waals surface area (Å²) in [6, 6.07) is 12.6. The molecule has 2 aromatic rings. The summed E-state index contributed by atoms with van der Waals surface area (Å²) in [5.74, 6) is -0.0458. The van der Waals surface area contributed by atoms with Crippen molar-refractivity contribution in [3.63, 3.8) is 0 Å². The number of para-hydroxylation sites is 1. The molecule has 112 valence electrons. The maximum absolute atomic E-state index is 12.1. The predicted octanol–water partition coefficient (Wildman–Crippen LogP) is 3.40. The number of nitrogens with one attached hydrogen (secondary N) is 1. The Morgan fingerprint density at radius 1 is 1.45 bits per heavy atom. The van der Waals surface area contributed by atoms with Gasteiger partial charge in [0.2, 0.25) is 5.91 Å². The van der Waals surface area contributed by atoms with Gasteiger partial charge in [0.15, 0.2) is 0 Å². The molecule has 1 atom stereocenters. The molecule has 0 saturated carbocycles. The zero-order valence-corrected chi connectivity index (χ0v) is 13.2. The lowest BCUT2D eigenvalue weighted by atomic mass is 10.1. The van der Waals surface area contributed by atoms with Gasteiger partial charge in [-0.3, -0.25) is 4.79 Å². The average molecular weight is 311 g/mol. The Hall–Kier alpha value is -2.32. The van der Waals surface area contributed by atoms with Gasteiger partial charge in [0, 0.05) is 24.7 Å². The summed E-state index contributed by atoms with van der Waals surface area (Å²) in [5, 5.41) is 14.3. The van der Waals surface area contributed by atoms with E-state index in [1.807, 2.05) is 11.4 Å². The summed E-state index contributed by atoms with van der Waals surface area (Å²) in [7, 11) is 0.